The molecule has 1 unspecified atom stereocenters. The highest BCUT2D eigenvalue weighted by atomic mass is 19.3. The van der Waals surface area contributed by atoms with E-state index in [0.29, 0.717) is 6.42 Å². The van der Waals surface area contributed by atoms with Crippen LogP contribution in [0.5, 0.6) is 5.75 Å². The molecule has 116 valence electrons. The van der Waals surface area contributed by atoms with Crippen LogP contribution in [-0.2, 0) is 4.79 Å². The van der Waals surface area contributed by atoms with Crippen molar-refractivity contribution in [1.82, 2.24) is 5.32 Å². The van der Waals surface area contributed by atoms with Gasteiger partial charge in [-0.15, -0.1) is 0 Å². The smallest absolute Gasteiger partial charge is 0.387 e. The summed E-state index contributed by atoms with van der Waals surface area (Å²) in [6, 6.07) is 4.34. The Hall–Kier alpha value is -2.18. The number of benzene rings is 1. The van der Waals surface area contributed by atoms with Gasteiger partial charge in [0, 0.05) is 0 Å². The van der Waals surface area contributed by atoms with Crippen LogP contribution in [0.2, 0.25) is 0 Å². The summed E-state index contributed by atoms with van der Waals surface area (Å²) >= 11 is 0. The van der Waals surface area contributed by atoms with Crippen molar-refractivity contribution in [1.29, 1.82) is 0 Å². The van der Waals surface area contributed by atoms with Crippen LogP contribution >= 0.6 is 0 Å². The quantitative estimate of drug-likeness (QED) is 0.811. The minimum Gasteiger partial charge on any atom is -0.480 e. The van der Waals surface area contributed by atoms with E-state index in [1.165, 1.54) is 24.3 Å². The van der Waals surface area contributed by atoms with Crippen molar-refractivity contribution in [3.8, 4) is 5.75 Å². The van der Waals surface area contributed by atoms with Crippen molar-refractivity contribution < 1.29 is 28.2 Å². The lowest BCUT2D eigenvalue weighted by molar-refractivity contribution is -0.140. The van der Waals surface area contributed by atoms with Crippen molar-refractivity contribution in [3.63, 3.8) is 0 Å². The number of para-hydroxylation sites is 1. The van der Waals surface area contributed by atoms with Crippen molar-refractivity contribution >= 4 is 11.9 Å². The molecule has 0 aliphatic rings. The van der Waals surface area contributed by atoms with Crippen molar-refractivity contribution in [2.75, 3.05) is 0 Å². The molecular weight excluding hydrogens is 284 g/mol. The second kappa shape index (κ2) is 7.56. The zero-order valence-electron chi connectivity index (χ0n) is 11.7. The standard InChI is InChI=1S/C14H17F2NO4/c1-3-8(2)11(13(19)20)17-12(18)9-6-4-5-7-10(9)21-14(15)16/h4-8,11,14H,3H2,1-2H3,(H,17,18)(H,19,20)/t8?,11-/m0/s1. The molecule has 5 nitrogen and oxygen atoms in total. The minimum absolute atomic E-state index is 0.132. The van der Waals surface area contributed by atoms with E-state index < -0.39 is 24.5 Å². The number of ether oxygens (including phenoxy) is 1. The van der Waals surface area contributed by atoms with E-state index in [1.807, 2.05) is 0 Å². The number of aliphatic carboxylic acids is 1. The Morgan fingerprint density at radius 1 is 1.33 bits per heavy atom. The number of carbonyl (C=O) groups excluding carboxylic acids is 1. The summed E-state index contributed by atoms with van der Waals surface area (Å²) in [5, 5.41) is 11.5. The summed E-state index contributed by atoms with van der Waals surface area (Å²) in [6.07, 6.45) is 0.548. The Kier molecular flexibility index (Phi) is 6.08. The fraction of sp³-hybridized carbons (Fsp3) is 0.429. The van der Waals surface area contributed by atoms with Gasteiger partial charge < -0.3 is 15.2 Å². The maximum absolute atomic E-state index is 12.3. The highest BCUT2D eigenvalue weighted by Gasteiger charge is 2.27. The topological polar surface area (TPSA) is 75.6 Å². The summed E-state index contributed by atoms with van der Waals surface area (Å²) in [5.74, 6) is -2.53. The van der Waals surface area contributed by atoms with Crippen molar-refractivity contribution in [2.24, 2.45) is 5.92 Å². The molecule has 1 aromatic rings. The maximum atomic E-state index is 12.3. The molecule has 1 aromatic carbocycles. The summed E-state index contributed by atoms with van der Waals surface area (Å²) in [6.45, 7) is 0.408. The molecule has 0 bridgehead atoms. The summed E-state index contributed by atoms with van der Waals surface area (Å²) in [4.78, 5) is 23.2. The molecule has 0 heterocycles. The van der Waals surface area contributed by atoms with Gasteiger partial charge in [-0.05, 0) is 18.1 Å². The second-order valence-corrected chi connectivity index (χ2v) is 4.55. The first kappa shape index (κ1) is 16.9. The van der Waals surface area contributed by atoms with Gasteiger partial charge in [-0.25, -0.2) is 4.79 Å². The Morgan fingerprint density at radius 2 is 1.95 bits per heavy atom. The van der Waals surface area contributed by atoms with Crippen molar-refractivity contribution in [2.45, 2.75) is 32.9 Å². The lowest BCUT2D eigenvalue weighted by Gasteiger charge is -2.20. The number of rotatable bonds is 7. The first-order valence-corrected chi connectivity index (χ1v) is 6.44. The molecular formula is C14H17F2NO4. The molecule has 1 amide bonds. The number of carboxylic acids is 1. The van der Waals surface area contributed by atoms with E-state index in [4.69, 9.17) is 5.11 Å². The van der Waals surface area contributed by atoms with Crippen LogP contribution in [0.25, 0.3) is 0 Å². The first-order chi connectivity index (χ1) is 9.86. The lowest BCUT2D eigenvalue weighted by atomic mass is 9.99. The Labute approximate surface area is 120 Å². The molecule has 0 saturated carbocycles. The fourth-order valence-electron chi connectivity index (χ4n) is 1.76. The van der Waals surface area contributed by atoms with Gasteiger partial charge in [0.2, 0.25) is 0 Å². The van der Waals surface area contributed by atoms with Crippen LogP contribution < -0.4 is 10.1 Å². The van der Waals surface area contributed by atoms with Gasteiger partial charge in [0.05, 0.1) is 5.56 Å². The number of nitrogens with one attached hydrogen (secondary N) is 1. The lowest BCUT2D eigenvalue weighted by Crippen LogP contribution is -2.45. The number of amides is 1. The summed E-state index contributed by atoms with van der Waals surface area (Å²) < 4.78 is 28.8. The molecule has 0 aliphatic carbocycles. The van der Waals surface area contributed by atoms with Gasteiger partial charge in [0.15, 0.2) is 0 Å². The molecule has 0 spiro atoms. The zero-order valence-corrected chi connectivity index (χ0v) is 11.7. The number of carboxylic acid groups (broad SMARTS) is 1. The van der Waals surface area contributed by atoms with Crippen LogP contribution in [-0.4, -0.2) is 29.6 Å². The third kappa shape index (κ3) is 4.70. The van der Waals surface area contributed by atoms with E-state index in [9.17, 15) is 18.4 Å². The number of halogens is 2. The average Bonchev–Trinajstić information content (AvgIpc) is 2.43. The van der Waals surface area contributed by atoms with E-state index in [0.717, 1.165) is 0 Å². The predicted octanol–water partition coefficient (Wildman–Crippen LogP) is 2.52. The third-order valence-electron chi connectivity index (χ3n) is 3.11. The average molecular weight is 301 g/mol. The number of alkyl halides is 2. The van der Waals surface area contributed by atoms with Gasteiger partial charge in [-0.1, -0.05) is 32.4 Å². The Morgan fingerprint density at radius 3 is 2.48 bits per heavy atom. The predicted molar refractivity (Wildman–Crippen MR) is 71.4 cm³/mol. The van der Waals surface area contributed by atoms with Crippen LogP contribution in [0.15, 0.2) is 24.3 Å². The molecule has 0 aromatic heterocycles. The first-order valence-electron chi connectivity index (χ1n) is 6.44. The Balaban J connectivity index is 2.95. The molecule has 0 aliphatic heterocycles. The normalized spacial score (nSPS) is 13.6. The van der Waals surface area contributed by atoms with E-state index in [2.05, 4.69) is 10.1 Å². The fourth-order valence-corrected chi connectivity index (χ4v) is 1.76. The molecule has 0 fully saturated rings. The number of carbonyl (C=O) groups is 2. The van der Waals surface area contributed by atoms with Crippen LogP contribution in [0.3, 0.4) is 0 Å². The zero-order chi connectivity index (χ0) is 16.0. The van der Waals surface area contributed by atoms with Crippen LogP contribution in [0.1, 0.15) is 30.6 Å². The van der Waals surface area contributed by atoms with Crippen LogP contribution in [0, 0.1) is 5.92 Å². The highest BCUT2D eigenvalue weighted by Crippen LogP contribution is 2.20. The van der Waals surface area contributed by atoms with Gasteiger partial charge >= 0.3 is 12.6 Å². The SMILES string of the molecule is CCC(C)[C@H](NC(=O)c1ccccc1OC(F)F)C(=O)O. The minimum atomic E-state index is -3.07. The molecule has 2 atom stereocenters. The largest absolute Gasteiger partial charge is 0.480 e. The second-order valence-electron chi connectivity index (χ2n) is 4.55. The summed E-state index contributed by atoms with van der Waals surface area (Å²) in [7, 11) is 0. The van der Waals surface area contributed by atoms with E-state index in [-0.39, 0.29) is 17.2 Å². The van der Waals surface area contributed by atoms with Gasteiger partial charge in [-0.3, -0.25) is 4.79 Å². The van der Waals surface area contributed by atoms with Crippen molar-refractivity contribution in [3.05, 3.63) is 29.8 Å². The molecule has 21 heavy (non-hydrogen) atoms. The molecule has 0 radical (unpaired) electrons. The number of hydrogen-bond acceptors (Lipinski definition) is 3. The highest BCUT2D eigenvalue weighted by molar-refractivity contribution is 5.98. The Bertz CT molecular complexity index is 508. The van der Waals surface area contributed by atoms with E-state index in [1.54, 1.807) is 13.8 Å². The van der Waals surface area contributed by atoms with E-state index >= 15 is 0 Å². The molecule has 2 N–H and O–H groups in total. The summed E-state index contributed by atoms with van der Waals surface area (Å²) in [5.41, 5.74) is -0.132. The molecule has 0 saturated heterocycles. The monoisotopic (exact) mass is 301 g/mol. The maximum Gasteiger partial charge on any atom is 0.387 e. The van der Waals surface area contributed by atoms with Gasteiger partial charge in [0.25, 0.3) is 5.91 Å². The molecule has 1 rings (SSSR count). The van der Waals surface area contributed by atoms with Gasteiger partial charge in [-0.2, -0.15) is 8.78 Å². The van der Waals surface area contributed by atoms with Gasteiger partial charge in [0.1, 0.15) is 11.8 Å². The number of hydrogen-bond donors (Lipinski definition) is 2. The third-order valence-corrected chi connectivity index (χ3v) is 3.11. The van der Waals surface area contributed by atoms with Crippen LogP contribution in [0.4, 0.5) is 8.78 Å². The molecule has 7 heteroatoms.